The van der Waals surface area contributed by atoms with Crippen molar-refractivity contribution >= 4 is 34.7 Å². The second-order valence-corrected chi connectivity index (χ2v) is 5.72. The first kappa shape index (κ1) is 14.1. The summed E-state index contributed by atoms with van der Waals surface area (Å²) in [7, 11) is 0. The van der Waals surface area contributed by atoms with Crippen molar-refractivity contribution in [3.63, 3.8) is 0 Å². The van der Waals surface area contributed by atoms with E-state index < -0.39 is 0 Å². The van der Waals surface area contributed by atoms with Crippen LogP contribution in [0, 0.1) is 0 Å². The Hall–Kier alpha value is -1.27. The number of thioether (sulfide) groups is 1. The molecule has 0 saturated carbocycles. The highest BCUT2D eigenvalue weighted by Crippen LogP contribution is 2.17. The van der Waals surface area contributed by atoms with Crippen LogP contribution in [0.4, 0.5) is 11.6 Å². The highest BCUT2D eigenvalue weighted by Gasteiger charge is 2.03. The summed E-state index contributed by atoms with van der Waals surface area (Å²) in [6.45, 7) is 3.81. The minimum Gasteiger partial charge on any atom is -0.370 e. The van der Waals surface area contributed by atoms with Crippen molar-refractivity contribution in [2.75, 3.05) is 30.0 Å². The van der Waals surface area contributed by atoms with Crippen LogP contribution in [-0.2, 0) is 6.42 Å². The molecule has 4 nitrogen and oxygen atoms in total. The zero-order valence-corrected chi connectivity index (χ0v) is 12.8. The molecular formula is C13H18N4S2. The average Bonchev–Trinajstić information content (AvgIpc) is 2.92. The molecular weight excluding hydrogens is 276 g/mol. The molecule has 0 aliphatic carbocycles. The molecule has 19 heavy (non-hydrogen) atoms. The second kappa shape index (κ2) is 7.35. The molecule has 0 atom stereocenters. The van der Waals surface area contributed by atoms with Gasteiger partial charge in [0.05, 0.1) is 0 Å². The molecule has 0 radical (unpaired) electrons. The molecule has 2 heterocycles. The van der Waals surface area contributed by atoms with Crippen LogP contribution >= 0.6 is 23.1 Å². The normalized spacial score (nSPS) is 10.4. The summed E-state index contributed by atoms with van der Waals surface area (Å²) in [6.07, 6.45) is 3.01. The van der Waals surface area contributed by atoms with Crippen LogP contribution in [0.5, 0.6) is 0 Å². The van der Waals surface area contributed by atoms with Gasteiger partial charge in [0.1, 0.15) is 11.6 Å². The second-order valence-electron chi connectivity index (χ2n) is 3.91. The number of anilines is 2. The van der Waals surface area contributed by atoms with Gasteiger partial charge >= 0.3 is 0 Å². The van der Waals surface area contributed by atoms with E-state index in [9.17, 15) is 0 Å². The van der Waals surface area contributed by atoms with Crippen LogP contribution in [0.2, 0.25) is 0 Å². The first-order valence-electron chi connectivity index (χ1n) is 6.25. The van der Waals surface area contributed by atoms with Gasteiger partial charge in [0.2, 0.25) is 0 Å². The Morgan fingerprint density at radius 2 is 2.05 bits per heavy atom. The maximum Gasteiger partial charge on any atom is 0.191 e. The quantitative estimate of drug-likeness (QED) is 0.606. The van der Waals surface area contributed by atoms with E-state index in [4.69, 9.17) is 0 Å². The molecule has 0 amide bonds. The molecule has 0 aliphatic heterocycles. The zero-order valence-electron chi connectivity index (χ0n) is 11.1. The van der Waals surface area contributed by atoms with Crippen LogP contribution in [0.1, 0.15) is 11.8 Å². The number of nitrogens with zero attached hydrogens (tertiary/aromatic N) is 2. The lowest BCUT2D eigenvalue weighted by molar-refractivity contribution is 0.941. The zero-order chi connectivity index (χ0) is 13.5. The van der Waals surface area contributed by atoms with E-state index in [1.165, 1.54) is 4.88 Å². The summed E-state index contributed by atoms with van der Waals surface area (Å²) in [4.78, 5) is 10.2. The molecule has 0 unspecified atom stereocenters. The van der Waals surface area contributed by atoms with Crippen molar-refractivity contribution in [1.29, 1.82) is 0 Å². The Morgan fingerprint density at radius 3 is 2.68 bits per heavy atom. The van der Waals surface area contributed by atoms with Crippen molar-refractivity contribution < 1.29 is 0 Å². The summed E-state index contributed by atoms with van der Waals surface area (Å²) in [5.74, 6) is 1.76. The molecule has 2 rings (SSSR count). The Kier molecular flexibility index (Phi) is 5.47. The molecule has 0 fully saturated rings. The molecule has 0 spiro atoms. The van der Waals surface area contributed by atoms with Gasteiger partial charge in [-0.05, 0) is 31.0 Å². The summed E-state index contributed by atoms with van der Waals surface area (Å²) < 4.78 is 0. The number of nitrogens with one attached hydrogen (secondary N) is 2. The van der Waals surface area contributed by atoms with Gasteiger partial charge in [-0.2, -0.15) is 0 Å². The fourth-order valence-corrected chi connectivity index (χ4v) is 2.74. The Morgan fingerprint density at radius 1 is 1.26 bits per heavy atom. The third-order valence-corrected chi connectivity index (χ3v) is 3.99. The standard InChI is InChI=1S/C13H18N4S2/c1-3-14-11-9-12(17-13(16-11)18-2)15-7-6-10-5-4-8-19-10/h4-5,8-9H,3,6-7H2,1-2H3,(H2,14,15,16,17). The molecule has 2 N–H and O–H groups in total. The molecule has 0 saturated heterocycles. The predicted octanol–water partition coefficient (Wildman–Crippen LogP) is 3.35. The number of aromatic nitrogens is 2. The maximum atomic E-state index is 4.46. The van der Waals surface area contributed by atoms with Gasteiger partial charge in [-0.25, -0.2) is 9.97 Å². The third-order valence-electron chi connectivity index (χ3n) is 2.50. The third kappa shape index (κ3) is 4.40. The first-order chi connectivity index (χ1) is 9.31. The minimum atomic E-state index is 0.789. The van der Waals surface area contributed by atoms with E-state index in [2.05, 4.69) is 45.0 Å². The van der Waals surface area contributed by atoms with Gasteiger partial charge in [0.15, 0.2) is 5.16 Å². The number of hydrogen-bond acceptors (Lipinski definition) is 6. The maximum absolute atomic E-state index is 4.46. The van der Waals surface area contributed by atoms with Crippen LogP contribution < -0.4 is 10.6 Å². The van der Waals surface area contributed by atoms with E-state index in [1.54, 1.807) is 23.1 Å². The lowest BCUT2D eigenvalue weighted by Gasteiger charge is -2.09. The Labute approximate surface area is 122 Å². The molecule has 0 aromatic carbocycles. The SMILES string of the molecule is CCNc1cc(NCCc2cccs2)nc(SC)n1. The van der Waals surface area contributed by atoms with Crippen molar-refractivity contribution in [3.05, 3.63) is 28.5 Å². The Bertz CT molecular complexity index is 499. The number of hydrogen-bond donors (Lipinski definition) is 2. The average molecular weight is 294 g/mol. The molecule has 2 aromatic rings. The Balaban J connectivity index is 1.96. The number of thiophene rings is 1. The lowest BCUT2D eigenvalue weighted by Crippen LogP contribution is -2.08. The van der Waals surface area contributed by atoms with E-state index >= 15 is 0 Å². The summed E-state index contributed by atoms with van der Waals surface area (Å²) in [5.41, 5.74) is 0. The van der Waals surface area contributed by atoms with Crippen molar-refractivity contribution in [1.82, 2.24) is 9.97 Å². The van der Waals surface area contributed by atoms with Gasteiger partial charge in [-0.1, -0.05) is 17.8 Å². The summed E-state index contributed by atoms with van der Waals surface area (Å²) in [6, 6.07) is 6.20. The van der Waals surface area contributed by atoms with Crippen LogP contribution in [0.25, 0.3) is 0 Å². The van der Waals surface area contributed by atoms with Gasteiger partial charge in [0.25, 0.3) is 0 Å². The summed E-state index contributed by atoms with van der Waals surface area (Å²) in [5, 5.41) is 9.48. The summed E-state index contributed by atoms with van der Waals surface area (Å²) >= 11 is 3.34. The van der Waals surface area contributed by atoms with E-state index in [-0.39, 0.29) is 0 Å². The van der Waals surface area contributed by atoms with Crippen molar-refractivity contribution in [3.8, 4) is 0 Å². The monoisotopic (exact) mass is 294 g/mol. The van der Waals surface area contributed by atoms with Gasteiger partial charge in [0, 0.05) is 24.0 Å². The molecule has 0 bridgehead atoms. The molecule has 6 heteroatoms. The predicted molar refractivity (Wildman–Crippen MR) is 84.5 cm³/mol. The van der Waals surface area contributed by atoms with Gasteiger partial charge in [-0.15, -0.1) is 11.3 Å². The van der Waals surface area contributed by atoms with Gasteiger partial charge < -0.3 is 10.6 Å². The fourth-order valence-electron chi connectivity index (χ4n) is 1.65. The highest BCUT2D eigenvalue weighted by molar-refractivity contribution is 7.98. The minimum absolute atomic E-state index is 0.789. The first-order valence-corrected chi connectivity index (χ1v) is 8.35. The van der Waals surface area contributed by atoms with Crippen LogP contribution in [0.15, 0.2) is 28.7 Å². The molecule has 2 aromatic heterocycles. The smallest absolute Gasteiger partial charge is 0.191 e. The molecule has 102 valence electrons. The van der Waals surface area contributed by atoms with Gasteiger partial charge in [-0.3, -0.25) is 0 Å². The van der Waals surface area contributed by atoms with Crippen molar-refractivity contribution in [2.45, 2.75) is 18.5 Å². The largest absolute Gasteiger partial charge is 0.370 e. The number of rotatable bonds is 7. The van der Waals surface area contributed by atoms with E-state index in [1.807, 2.05) is 12.3 Å². The topological polar surface area (TPSA) is 49.8 Å². The fraction of sp³-hybridized carbons (Fsp3) is 0.385. The van der Waals surface area contributed by atoms with E-state index in [0.717, 1.165) is 36.3 Å². The van der Waals surface area contributed by atoms with E-state index in [0.29, 0.717) is 0 Å². The van der Waals surface area contributed by atoms with Crippen LogP contribution in [0.3, 0.4) is 0 Å². The van der Waals surface area contributed by atoms with Crippen LogP contribution in [-0.4, -0.2) is 29.3 Å². The lowest BCUT2D eigenvalue weighted by atomic mass is 10.3. The molecule has 0 aliphatic rings. The van der Waals surface area contributed by atoms with Crippen molar-refractivity contribution in [2.24, 2.45) is 0 Å². The highest BCUT2D eigenvalue weighted by atomic mass is 32.2.